The maximum atomic E-state index is 10.0. The van der Waals surface area contributed by atoms with E-state index in [9.17, 15) is 5.11 Å². The highest BCUT2D eigenvalue weighted by Crippen LogP contribution is 2.20. The molecule has 94 valence electrons. The highest BCUT2D eigenvalue weighted by Gasteiger charge is 2.29. The smallest absolute Gasteiger partial charge is 0.0914 e. The summed E-state index contributed by atoms with van der Waals surface area (Å²) in [5.74, 6) is 0. The largest absolute Gasteiger partial charge is 0.387 e. The summed E-state index contributed by atoms with van der Waals surface area (Å²) in [7, 11) is 0. The Balaban J connectivity index is 1.88. The molecule has 4 heteroatoms. The molecule has 1 saturated heterocycles. The molecule has 1 aliphatic rings. The van der Waals surface area contributed by atoms with E-state index >= 15 is 0 Å². The zero-order valence-corrected chi connectivity index (χ0v) is 10.7. The number of hydrogen-bond acceptors (Lipinski definition) is 3. The molecule has 1 aromatic rings. The molecule has 0 saturated carbocycles. The Morgan fingerprint density at radius 3 is 2.76 bits per heavy atom. The fourth-order valence-corrected chi connectivity index (χ4v) is 2.08. The van der Waals surface area contributed by atoms with E-state index in [2.05, 4.69) is 12.2 Å². The molecule has 1 aliphatic heterocycles. The first kappa shape index (κ1) is 12.8. The van der Waals surface area contributed by atoms with Crippen molar-refractivity contribution in [3.8, 4) is 0 Å². The van der Waals surface area contributed by atoms with Crippen molar-refractivity contribution in [2.45, 2.75) is 25.0 Å². The Morgan fingerprint density at radius 2 is 2.18 bits per heavy atom. The molecule has 2 atom stereocenters. The van der Waals surface area contributed by atoms with Crippen LogP contribution in [0.5, 0.6) is 0 Å². The second-order valence-electron chi connectivity index (χ2n) is 4.81. The van der Waals surface area contributed by atoms with Gasteiger partial charge in [-0.1, -0.05) is 23.7 Å². The van der Waals surface area contributed by atoms with E-state index in [1.54, 1.807) is 12.1 Å². The summed E-state index contributed by atoms with van der Waals surface area (Å²) in [5, 5.41) is 14.1. The molecule has 2 rings (SSSR count). The van der Waals surface area contributed by atoms with Crippen LogP contribution in [-0.4, -0.2) is 30.4 Å². The van der Waals surface area contributed by atoms with Crippen LogP contribution in [-0.2, 0) is 4.74 Å². The molecule has 1 heterocycles. The molecular formula is C13H18ClNO2. The molecule has 0 bridgehead atoms. The zero-order valence-electron chi connectivity index (χ0n) is 9.95. The number of halogens is 1. The van der Waals surface area contributed by atoms with E-state index < -0.39 is 6.10 Å². The number of β-amino-alcohol motifs (C(OH)–C–C–N with tert-alkyl or cyclic N) is 1. The van der Waals surface area contributed by atoms with Gasteiger partial charge >= 0.3 is 0 Å². The van der Waals surface area contributed by atoms with E-state index in [0.717, 1.165) is 18.6 Å². The number of rotatable bonds is 4. The summed E-state index contributed by atoms with van der Waals surface area (Å²) in [6.07, 6.45) is 0.477. The fourth-order valence-electron chi connectivity index (χ4n) is 1.95. The molecule has 0 radical (unpaired) electrons. The van der Waals surface area contributed by atoms with Crippen LogP contribution in [0.4, 0.5) is 0 Å². The summed E-state index contributed by atoms with van der Waals surface area (Å²) in [5.41, 5.74) is 0.873. The van der Waals surface area contributed by atoms with E-state index in [0.29, 0.717) is 18.2 Å². The Morgan fingerprint density at radius 1 is 1.47 bits per heavy atom. The fraction of sp³-hybridized carbons (Fsp3) is 0.538. The molecule has 0 aliphatic carbocycles. The first-order chi connectivity index (χ1) is 8.09. The van der Waals surface area contributed by atoms with Crippen molar-refractivity contribution in [1.82, 2.24) is 5.32 Å². The van der Waals surface area contributed by atoms with E-state index in [4.69, 9.17) is 16.3 Å². The van der Waals surface area contributed by atoms with Crippen LogP contribution < -0.4 is 5.32 Å². The zero-order chi connectivity index (χ0) is 12.3. The van der Waals surface area contributed by atoms with Crippen LogP contribution in [0, 0.1) is 0 Å². The summed E-state index contributed by atoms with van der Waals surface area (Å²) in [4.78, 5) is 0. The van der Waals surface area contributed by atoms with Gasteiger partial charge in [-0.15, -0.1) is 0 Å². The van der Waals surface area contributed by atoms with Crippen LogP contribution in [0.3, 0.4) is 0 Å². The minimum atomic E-state index is -0.510. The van der Waals surface area contributed by atoms with E-state index in [1.807, 2.05) is 12.1 Å². The van der Waals surface area contributed by atoms with Crippen molar-refractivity contribution in [3.63, 3.8) is 0 Å². The Bertz CT molecular complexity index is 360. The lowest BCUT2D eigenvalue weighted by Gasteiger charge is -2.25. The lowest BCUT2D eigenvalue weighted by atomic mass is 10.0. The minimum Gasteiger partial charge on any atom is -0.387 e. The van der Waals surface area contributed by atoms with Crippen LogP contribution in [0.25, 0.3) is 0 Å². The van der Waals surface area contributed by atoms with Gasteiger partial charge in [0, 0.05) is 23.7 Å². The van der Waals surface area contributed by atoms with Gasteiger partial charge < -0.3 is 15.2 Å². The van der Waals surface area contributed by atoms with Gasteiger partial charge in [-0.05, 0) is 31.0 Å². The van der Waals surface area contributed by atoms with Crippen molar-refractivity contribution < 1.29 is 9.84 Å². The molecule has 17 heavy (non-hydrogen) atoms. The molecule has 2 unspecified atom stereocenters. The maximum absolute atomic E-state index is 10.0. The molecule has 1 fully saturated rings. The van der Waals surface area contributed by atoms with Gasteiger partial charge in [0.15, 0.2) is 0 Å². The highest BCUT2D eigenvalue weighted by atomic mass is 35.5. The number of benzene rings is 1. The van der Waals surface area contributed by atoms with Gasteiger partial charge in [-0.25, -0.2) is 0 Å². The number of aliphatic hydroxyl groups is 1. The van der Waals surface area contributed by atoms with Gasteiger partial charge in [-0.2, -0.15) is 0 Å². The topological polar surface area (TPSA) is 41.5 Å². The van der Waals surface area contributed by atoms with Crippen molar-refractivity contribution in [1.29, 1.82) is 0 Å². The number of aliphatic hydroxyl groups excluding tert-OH is 1. The van der Waals surface area contributed by atoms with Crippen molar-refractivity contribution >= 4 is 11.6 Å². The molecule has 0 amide bonds. The number of hydrogen-bond donors (Lipinski definition) is 2. The maximum Gasteiger partial charge on any atom is 0.0914 e. The van der Waals surface area contributed by atoms with E-state index in [-0.39, 0.29) is 5.54 Å². The lowest BCUT2D eigenvalue weighted by Crippen LogP contribution is -2.44. The average molecular weight is 256 g/mol. The molecule has 0 aromatic heterocycles. The summed E-state index contributed by atoms with van der Waals surface area (Å²) in [6, 6.07) is 7.28. The first-order valence-electron chi connectivity index (χ1n) is 5.85. The molecule has 2 N–H and O–H groups in total. The molecule has 3 nitrogen and oxygen atoms in total. The van der Waals surface area contributed by atoms with Crippen molar-refractivity contribution in [2.75, 3.05) is 19.8 Å². The SMILES string of the molecule is CC1(NCC(O)c2ccc(Cl)cc2)CCOC1. The lowest BCUT2D eigenvalue weighted by molar-refractivity contribution is 0.141. The van der Waals surface area contributed by atoms with Gasteiger partial charge in [-0.3, -0.25) is 0 Å². The monoisotopic (exact) mass is 255 g/mol. The van der Waals surface area contributed by atoms with Crippen LogP contribution >= 0.6 is 11.6 Å². The predicted molar refractivity (Wildman–Crippen MR) is 68.3 cm³/mol. The molecular weight excluding hydrogens is 238 g/mol. The predicted octanol–water partition coefficient (Wildman–Crippen LogP) is 2.14. The second kappa shape index (κ2) is 5.36. The van der Waals surface area contributed by atoms with Crippen LogP contribution in [0.1, 0.15) is 25.0 Å². The van der Waals surface area contributed by atoms with Crippen LogP contribution in [0.15, 0.2) is 24.3 Å². The normalized spacial score (nSPS) is 26.1. The van der Waals surface area contributed by atoms with Crippen molar-refractivity contribution in [2.24, 2.45) is 0 Å². The molecule has 0 spiro atoms. The Hall–Kier alpha value is -0.610. The molecule has 1 aromatic carbocycles. The highest BCUT2D eigenvalue weighted by molar-refractivity contribution is 6.30. The third kappa shape index (κ3) is 3.42. The van der Waals surface area contributed by atoms with Gasteiger partial charge in [0.05, 0.1) is 12.7 Å². The van der Waals surface area contributed by atoms with Crippen molar-refractivity contribution in [3.05, 3.63) is 34.9 Å². The standard InChI is InChI=1S/C13H18ClNO2/c1-13(6-7-17-9-13)15-8-12(16)10-2-4-11(14)5-3-10/h2-5,12,15-16H,6-9H2,1H3. The minimum absolute atomic E-state index is 0.00654. The van der Waals surface area contributed by atoms with Gasteiger partial charge in [0.1, 0.15) is 0 Å². The number of ether oxygens (including phenoxy) is 1. The average Bonchev–Trinajstić information content (AvgIpc) is 2.75. The van der Waals surface area contributed by atoms with Crippen LogP contribution in [0.2, 0.25) is 5.02 Å². The third-order valence-electron chi connectivity index (χ3n) is 3.20. The second-order valence-corrected chi connectivity index (χ2v) is 5.25. The number of nitrogens with one attached hydrogen (secondary N) is 1. The van der Waals surface area contributed by atoms with Gasteiger partial charge in [0.2, 0.25) is 0 Å². The van der Waals surface area contributed by atoms with Gasteiger partial charge in [0.25, 0.3) is 0 Å². The van der Waals surface area contributed by atoms with E-state index in [1.165, 1.54) is 0 Å². The summed E-state index contributed by atoms with van der Waals surface area (Å²) >= 11 is 5.81. The first-order valence-corrected chi connectivity index (χ1v) is 6.23. The quantitative estimate of drug-likeness (QED) is 0.866. The Labute approximate surface area is 107 Å². The summed E-state index contributed by atoms with van der Waals surface area (Å²) in [6.45, 7) is 4.15. The Kier molecular flexibility index (Phi) is 4.05. The summed E-state index contributed by atoms with van der Waals surface area (Å²) < 4.78 is 5.35. The third-order valence-corrected chi connectivity index (χ3v) is 3.45.